The van der Waals surface area contributed by atoms with E-state index in [4.69, 9.17) is 0 Å². The highest BCUT2D eigenvalue weighted by Crippen LogP contribution is 2.32. The summed E-state index contributed by atoms with van der Waals surface area (Å²) in [5, 5.41) is 1.98. The van der Waals surface area contributed by atoms with Crippen molar-refractivity contribution in [2.24, 2.45) is 0 Å². The lowest BCUT2D eigenvalue weighted by atomic mass is 9.93. The lowest BCUT2D eigenvalue weighted by Crippen LogP contribution is -2.56. The van der Waals surface area contributed by atoms with E-state index in [1.807, 2.05) is 31.2 Å². The van der Waals surface area contributed by atoms with Crippen LogP contribution < -0.4 is 0 Å². The molecule has 0 bridgehead atoms. The third-order valence-corrected chi connectivity index (χ3v) is 5.82. The quantitative estimate of drug-likeness (QED) is 0.654. The molecule has 4 rings (SSSR count). The van der Waals surface area contributed by atoms with Gasteiger partial charge in [0.25, 0.3) is 5.91 Å². The van der Waals surface area contributed by atoms with E-state index in [-0.39, 0.29) is 11.8 Å². The molecule has 1 saturated heterocycles. The largest absolute Gasteiger partial charge is 0.342 e. The zero-order valence-electron chi connectivity index (χ0n) is 17.4. The van der Waals surface area contributed by atoms with E-state index < -0.39 is 6.04 Å². The molecule has 0 saturated carbocycles. The summed E-state index contributed by atoms with van der Waals surface area (Å²) in [5.74, 6) is -0.0946. The maximum absolute atomic E-state index is 13.4. The van der Waals surface area contributed by atoms with Crippen molar-refractivity contribution in [2.75, 3.05) is 20.1 Å². The Kier molecular flexibility index (Phi) is 4.87. The van der Waals surface area contributed by atoms with Gasteiger partial charge >= 0.3 is 0 Å². The molecule has 2 amide bonds. The number of carbonyl (C=O) groups is 2. The van der Waals surface area contributed by atoms with Crippen LogP contribution >= 0.6 is 0 Å². The first-order chi connectivity index (χ1) is 13.9. The van der Waals surface area contributed by atoms with Gasteiger partial charge in [0, 0.05) is 25.7 Å². The molecule has 148 valence electrons. The van der Waals surface area contributed by atoms with Crippen LogP contribution in [0.4, 0.5) is 0 Å². The number of hydrogen-bond acceptors (Lipinski definition) is 2. The molecule has 4 heteroatoms. The van der Waals surface area contributed by atoms with Gasteiger partial charge in [-0.15, -0.1) is 0 Å². The number of fused-ring (bicyclic) bond motifs is 1. The minimum absolute atomic E-state index is 0.0132. The molecule has 1 aliphatic heterocycles. The molecule has 29 heavy (non-hydrogen) atoms. The van der Waals surface area contributed by atoms with Gasteiger partial charge in [0.1, 0.15) is 6.04 Å². The highest BCUT2D eigenvalue weighted by molar-refractivity contribution is 6.11. The van der Waals surface area contributed by atoms with Crippen molar-refractivity contribution in [3.63, 3.8) is 0 Å². The number of hydrogen-bond donors (Lipinski definition) is 0. The van der Waals surface area contributed by atoms with Gasteiger partial charge in [-0.1, -0.05) is 59.7 Å². The topological polar surface area (TPSA) is 40.6 Å². The van der Waals surface area contributed by atoms with Crippen LogP contribution in [0.5, 0.6) is 0 Å². The first kappa shape index (κ1) is 19.2. The van der Waals surface area contributed by atoms with Crippen LogP contribution in [0.1, 0.15) is 28.4 Å². The predicted molar refractivity (Wildman–Crippen MR) is 117 cm³/mol. The maximum Gasteiger partial charge on any atom is 0.255 e. The first-order valence-corrected chi connectivity index (χ1v) is 10.0. The summed E-state index contributed by atoms with van der Waals surface area (Å²) in [6.45, 7) is 7.12. The monoisotopic (exact) mass is 386 g/mol. The van der Waals surface area contributed by atoms with Crippen LogP contribution in [-0.2, 0) is 4.79 Å². The smallest absolute Gasteiger partial charge is 0.255 e. The van der Waals surface area contributed by atoms with Gasteiger partial charge in [0.05, 0.1) is 0 Å². The fourth-order valence-electron chi connectivity index (χ4n) is 4.32. The molecule has 1 unspecified atom stereocenters. The number of benzene rings is 3. The summed E-state index contributed by atoms with van der Waals surface area (Å²) in [6.07, 6.45) is 0. The van der Waals surface area contributed by atoms with Crippen molar-refractivity contribution >= 4 is 22.6 Å². The number of amides is 2. The number of aryl methyl sites for hydroxylation is 2. The molecular formula is C25H26N2O2. The van der Waals surface area contributed by atoms with Crippen LogP contribution in [0.25, 0.3) is 21.9 Å². The molecule has 3 aromatic rings. The van der Waals surface area contributed by atoms with E-state index in [9.17, 15) is 9.59 Å². The van der Waals surface area contributed by atoms with Gasteiger partial charge in [0.2, 0.25) is 5.91 Å². The Morgan fingerprint density at radius 2 is 1.59 bits per heavy atom. The van der Waals surface area contributed by atoms with Crippen LogP contribution in [0.3, 0.4) is 0 Å². The Morgan fingerprint density at radius 3 is 2.31 bits per heavy atom. The third kappa shape index (κ3) is 3.39. The van der Waals surface area contributed by atoms with E-state index in [0.717, 1.165) is 21.9 Å². The summed E-state index contributed by atoms with van der Waals surface area (Å²) in [7, 11) is 1.79. The van der Waals surface area contributed by atoms with Crippen molar-refractivity contribution in [2.45, 2.75) is 26.8 Å². The predicted octanol–water partition coefficient (Wildman–Crippen LogP) is 4.43. The van der Waals surface area contributed by atoms with Crippen molar-refractivity contribution in [3.8, 4) is 11.1 Å². The summed E-state index contributed by atoms with van der Waals surface area (Å²) in [6, 6.07) is 18.0. The number of piperazine rings is 1. The molecule has 4 nitrogen and oxygen atoms in total. The van der Waals surface area contributed by atoms with E-state index in [1.54, 1.807) is 16.8 Å². The zero-order chi connectivity index (χ0) is 20.7. The van der Waals surface area contributed by atoms with Gasteiger partial charge in [-0.25, -0.2) is 0 Å². The molecule has 1 atom stereocenters. The van der Waals surface area contributed by atoms with Crippen molar-refractivity contribution in [1.82, 2.24) is 9.80 Å². The number of likely N-dealkylation sites (N-methyl/N-ethyl adjacent to an activating group) is 1. The van der Waals surface area contributed by atoms with Gasteiger partial charge in [-0.05, 0) is 48.7 Å². The second-order valence-corrected chi connectivity index (χ2v) is 8.02. The minimum atomic E-state index is -0.445. The second kappa shape index (κ2) is 7.36. The summed E-state index contributed by atoms with van der Waals surface area (Å²) in [4.78, 5) is 29.1. The Labute approximate surface area is 171 Å². The SMILES string of the molecule is Cc1cc(C)cc(-c2cccc3c(C(=O)N4CCN(C)C(=O)C4C)cccc23)c1. The maximum atomic E-state index is 13.4. The van der Waals surface area contributed by atoms with E-state index >= 15 is 0 Å². The number of rotatable bonds is 2. The van der Waals surface area contributed by atoms with Crippen molar-refractivity contribution in [3.05, 3.63) is 71.3 Å². The molecule has 0 spiro atoms. The van der Waals surface area contributed by atoms with E-state index in [2.05, 4.69) is 44.2 Å². The van der Waals surface area contributed by atoms with E-state index in [1.165, 1.54) is 11.1 Å². The Bertz CT molecular complexity index is 1100. The van der Waals surface area contributed by atoms with E-state index in [0.29, 0.717) is 18.7 Å². The summed E-state index contributed by atoms with van der Waals surface area (Å²) < 4.78 is 0. The minimum Gasteiger partial charge on any atom is -0.342 e. The number of carbonyl (C=O) groups excluding carboxylic acids is 2. The average Bonchev–Trinajstić information content (AvgIpc) is 2.70. The summed E-state index contributed by atoms with van der Waals surface area (Å²) >= 11 is 0. The standard InChI is InChI=1S/C25H26N2O2/c1-16-13-17(2)15-19(14-16)20-7-5-9-22-21(20)8-6-10-23(22)25(29)27-12-11-26(4)24(28)18(27)3/h5-10,13-15,18H,11-12H2,1-4H3. The fourth-order valence-corrected chi connectivity index (χ4v) is 4.32. The average molecular weight is 386 g/mol. The molecular weight excluding hydrogens is 360 g/mol. The van der Waals surface area contributed by atoms with Crippen LogP contribution in [0.2, 0.25) is 0 Å². The zero-order valence-corrected chi connectivity index (χ0v) is 17.4. The lowest BCUT2D eigenvalue weighted by molar-refractivity contribution is -0.137. The van der Waals surface area contributed by atoms with Crippen molar-refractivity contribution in [1.29, 1.82) is 0 Å². The molecule has 0 N–H and O–H groups in total. The molecule has 1 fully saturated rings. The van der Waals surface area contributed by atoms with Gasteiger partial charge in [-0.2, -0.15) is 0 Å². The van der Waals surface area contributed by atoms with Crippen LogP contribution in [-0.4, -0.2) is 47.8 Å². The third-order valence-electron chi connectivity index (χ3n) is 5.82. The lowest BCUT2D eigenvalue weighted by Gasteiger charge is -2.37. The highest BCUT2D eigenvalue weighted by Gasteiger charge is 2.33. The Hall–Kier alpha value is -3.14. The fraction of sp³-hybridized carbons (Fsp3) is 0.280. The summed E-state index contributed by atoms with van der Waals surface area (Å²) in [5.41, 5.74) is 5.35. The first-order valence-electron chi connectivity index (χ1n) is 10.0. The number of nitrogens with zero attached hydrogens (tertiary/aromatic N) is 2. The second-order valence-electron chi connectivity index (χ2n) is 8.02. The molecule has 0 aromatic heterocycles. The Morgan fingerprint density at radius 1 is 0.931 bits per heavy atom. The normalized spacial score (nSPS) is 17.1. The van der Waals surface area contributed by atoms with Crippen molar-refractivity contribution < 1.29 is 9.59 Å². The molecule has 0 radical (unpaired) electrons. The molecule has 1 heterocycles. The van der Waals surface area contributed by atoms with Crippen LogP contribution in [0.15, 0.2) is 54.6 Å². The molecule has 3 aromatic carbocycles. The van der Waals surface area contributed by atoms with Gasteiger partial charge in [-0.3, -0.25) is 9.59 Å². The van der Waals surface area contributed by atoms with Gasteiger partial charge < -0.3 is 9.80 Å². The molecule has 0 aliphatic carbocycles. The molecule has 1 aliphatic rings. The Balaban J connectivity index is 1.81. The van der Waals surface area contributed by atoms with Gasteiger partial charge in [0.15, 0.2) is 0 Å². The van der Waals surface area contributed by atoms with Crippen LogP contribution in [0, 0.1) is 13.8 Å². The highest BCUT2D eigenvalue weighted by atomic mass is 16.2.